The molecule has 0 spiro atoms. The summed E-state index contributed by atoms with van der Waals surface area (Å²) in [5.41, 5.74) is 1.84. The fourth-order valence-electron chi connectivity index (χ4n) is 2.23. The van der Waals surface area contributed by atoms with Crippen LogP contribution in [0.25, 0.3) is 0 Å². The van der Waals surface area contributed by atoms with Crippen LogP contribution >= 0.6 is 0 Å². The van der Waals surface area contributed by atoms with E-state index < -0.39 is 4.92 Å². The van der Waals surface area contributed by atoms with Crippen LogP contribution in [-0.2, 0) is 13.0 Å². The summed E-state index contributed by atoms with van der Waals surface area (Å²) in [4.78, 5) is 14.8. The van der Waals surface area contributed by atoms with Crippen molar-refractivity contribution in [1.29, 1.82) is 0 Å². The minimum atomic E-state index is -0.483. The Labute approximate surface area is 138 Å². The van der Waals surface area contributed by atoms with Crippen molar-refractivity contribution in [2.75, 3.05) is 0 Å². The number of aryl methyl sites for hydroxylation is 1. The average molecular weight is 325 g/mol. The Morgan fingerprint density at radius 1 is 1.21 bits per heavy atom. The Morgan fingerprint density at radius 2 is 2.00 bits per heavy atom. The largest absolute Gasteiger partial charge is 0.477 e. The van der Waals surface area contributed by atoms with Crippen molar-refractivity contribution in [2.45, 2.75) is 20.0 Å². The summed E-state index contributed by atoms with van der Waals surface area (Å²) in [7, 11) is 0. The summed E-state index contributed by atoms with van der Waals surface area (Å²) in [6.07, 6.45) is 0.551. The van der Waals surface area contributed by atoms with Gasteiger partial charge in [0.2, 0.25) is 0 Å². The molecule has 0 bridgehead atoms. The predicted molar refractivity (Wildman–Crippen MR) is 85.7 cm³/mol. The van der Waals surface area contributed by atoms with Crippen molar-refractivity contribution in [3.63, 3.8) is 0 Å². The molecule has 0 saturated carbocycles. The molecule has 7 nitrogen and oxygen atoms in total. The predicted octanol–water partition coefficient (Wildman–Crippen LogP) is 3.46. The lowest BCUT2D eigenvalue weighted by molar-refractivity contribution is -0.386. The van der Waals surface area contributed by atoms with E-state index in [0.717, 1.165) is 11.1 Å². The van der Waals surface area contributed by atoms with Gasteiger partial charge in [0.25, 0.3) is 5.89 Å². The molecule has 0 amide bonds. The van der Waals surface area contributed by atoms with Gasteiger partial charge in [-0.2, -0.15) is 4.98 Å². The van der Waals surface area contributed by atoms with Crippen LogP contribution < -0.4 is 4.74 Å². The van der Waals surface area contributed by atoms with E-state index in [4.69, 9.17) is 9.26 Å². The molecule has 1 heterocycles. The third-order valence-corrected chi connectivity index (χ3v) is 3.38. The zero-order valence-corrected chi connectivity index (χ0v) is 13.0. The third kappa shape index (κ3) is 3.75. The van der Waals surface area contributed by atoms with Crippen LogP contribution in [0.4, 0.5) is 5.69 Å². The fourth-order valence-corrected chi connectivity index (χ4v) is 2.23. The Hall–Kier alpha value is -3.22. The minimum absolute atomic E-state index is 0.0217. The summed E-state index contributed by atoms with van der Waals surface area (Å²) in [6, 6.07) is 14.5. The van der Waals surface area contributed by atoms with E-state index in [-0.39, 0.29) is 23.9 Å². The van der Waals surface area contributed by atoms with Crippen LogP contribution in [0.3, 0.4) is 0 Å². The van der Waals surface area contributed by atoms with Gasteiger partial charge in [-0.15, -0.1) is 0 Å². The second-order valence-electron chi connectivity index (χ2n) is 5.28. The van der Waals surface area contributed by atoms with Gasteiger partial charge < -0.3 is 9.26 Å². The van der Waals surface area contributed by atoms with Crippen molar-refractivity contribution in [3.05, 3.63) is 81.5 Å². The molecule has 3 aromatic rings. The molecule has 0 aliphatic carbocycles. The molecular formula is C17H15N3O4. The first-order valence-electron chi connectivity index (χ1n) is 7.35. The van der Waals surface area contributed by atoms with E-state index in [2.05, 4.69) is 10.1 Å². The van der Waals surface area contributed by atoms with Gasteiger partial charge in [0.05, 0.1) is 4.92 Å². The molecule has 122 valence electrons. The molecule has 7 heteroatoms. The number of nitro benzene ring substituents is 1. The summed E-state index contributed by atoms with van der Waals surface area (Å²) in [6.45, 7) is 1.81. The molecule has 0 N–H and O–H groups in total. The first-order chi connectivity index (χ1) is 11.6. The second kappa shape index (κ2) is 6.91. The number of nitrogens with zero attached hydrogens (tertiary/aromatic N) is 3. The fraction of sp³-hybridized carbons (Fsp3) is 0.176. The normalized spacial score (nSPS) is 10.5. The monoisotopic (exact) mass is 325 g/mol. The Bertz CT molecular complexity index is 846. The summed E-state index contributed by atoms with van der Waals surface area (Å²) >= 11 is 0. The summed E-state index contributed by atoms with van der Waals surface area (Å²) < 4.78 is 10.6. The standard InChI is InChI=1S/C17H15N3O4/c1-12-7-8-14(20(21)22)15(9-12)23-11-17-18-16(19-24-17)10-13-5-3-2-4-6-13/h2-9H,10-11H2,1H3. The lowest BCUT2D eigenvalue weighted by Crippen LogP contribution is -2.00. The van der Waals surface area contributed by atoms with Crippen LogP contribution in [-0.4, -0.2) is 15.1 Å². The number of hydrogen-bond donors (Lipinski definition) is 0. The number of benzene rings is 2. The quantitative estimate of drug-likeness (QED) is 0.509. The first kappa shape index (κ1) is 15.7. The molecule has 0 fully saturated rings. The number of aromatic nitrogens is 2. The molecule has 0 aliphatic heterocycles. The van der Waals surface area contributed by atoms with Crippen LogP contribution in [0.1, 0.15) is 22.8 Å². The zero-order valence-electron chi connectivity index (χ0n) is 13.0. The van der Waals surface area contributed by atoms with Gasteiger partial charge in [0.1, 0.15) is 0 Å². The van der Waals surface area contributed by atoms with Gasteiger partial charge in [-0.1, -0.05) is 41.6 Å². The average Bonchev–Trinajstić information content (AvgIpc) is 3.01. The van der Waals surface area contributed by atoms with E-state index in [1.807, 2.05) is 37.3 Å². The Morgan fingerprint density at radius 3 is 2.75 bits per heavy atom. The van der Waals surface area contributed by atoms with E-state index >= 15 is 0 Å². The minimum Gasteiger partial charge on any atom is -0.477 e. The molecule has 0 atom stereocenters. The van der Waals surface area contributed by atoms with Crippen LogP contribution in [0.15, 0.2) is 53.1 Å². The van der Waals surface area contributed by atoms with Crippen molar-refractivity contribution in [3.8, 4) is 5.75 Å². The van der Waals surface area contributed by atoms with Crippen LogP contribution in [0.5, 0.6) is 5.75 Å². The first-order valence-corrected chi connectivity index (χ1v) is 7.35. The van der Waals surface area contributed by atoms with Gasteiger partial charge in [-0.05, 0) is 24.1 Å². The van der Waals surface area contributed by atoms with Gasteiger partial charge in [0, 0.05) is 12.5 Å². The highest BCUT2D eigenvalue weighted by Crippen LogP contribution is 2.28. The molecule has 0 unspecified atom stereocenters. The SMILES string of the molecule is Cc1ccc([N+](=O)[O-])c(OCc2nc(Cc3ccccc3)no2)c1. The Balaban J connectivity index is 1.68. The smallest absolute Gasteiger partial charge is 0.310 e. The van der Waals surface area contributed by atoms with E-state index in [0.29, 0.717) is 12.2 Å². The molecule has 3 rings (SSSR count). The molecule has 0 radical (unpaired) electrons. The maximum Gasteiger partial charge on any atom is 0.310 e. The van der Waals surface area contributed by atoms with Gasteiger partial charge in [-0.3, -0.25) is 10.1 Å². The molecule has 24 heavy (non-hydrogen) atoms. The number of rotatable bonds is 6. The highest BCUT2D eigenvalue weighted by atomic mass is 16.6. The lowest BCUT2D eigenvalue weighted by Gasteiger charge is -2.04. The highest BCUT2D eigenvalue weighted by Gasteiger charge is 2.16. The maximum atomic E-state index is 11.0. The number of nitro groups is 1. The molecule has 0 aliphatic rings. The van der Waals surface area contributed by atoms with Crippen LogP contribution in [0.2, 0.25) is 0 Å². The van der Waals surface area contributed by atoms with Gasteiger partial charge in [0.15, 0.2) is 18.2 Å². The van der Waals surface area contributed by atoms with Crippen LogP contribution in [0, 0.1) is 17.0 Å². The van der Waals surface area contributed by atoms with Crippen molar-refractivity contribution in [2.24, 2.45) is 0 Å². The number of hydrogen-bond acceptors (Lipinski definition) is 6. The van der Waals surface area contributed by atoms with E-state index in [1.165, 1.54) is 6.07 Å². The number of ether oxygens (including phenoxy) is 1. The molecule has 1 aromatic heterocycles. The topological polar surface area (TPSA) is 91.3 Å². The molecule has 0 saturated heterocycles. The molecular weight excluding hydrogens is 310 g/mol. The highest BCUT2D eigenvalue weighted by molar-refractivity contribution is 5.48. The van der Waals surface area contributed by atoms with Crippen molar-refractivity contribution >= 4 is 5.69 Å². The summed E-state index contributed by atoms with van der Waals surface area (Å²) in [5, 5.41) is 14.9. The second-order valence-corrected chi connectivity index (χ2v) is 5.28. The third-order valence-electron chi connectivity index (χ3n) is 3.38. The maximum absolute atomic E-state index is 11.0. The van der Waals surface area contributed by atoms with Gasteiger partial charge in [-0.25, -0.2) is 0 Å². The van der Waals surface area contributed by atoms with E-state index in [9.17, 15) is 10.1 Å². The molecule has 2 aromatic carbocycles. The zero-order chi connectivity index (χ0) is 16.9. The Kier molecular flexibility index (Phi) is 4.51. The summed E-state index contributed by atoms with van der Waals surface area (Å²) in [5.74, 6) is 0.998. The van der Waals surface area contributed by atoms with Crippen molar-refractivity contribution < 1.29 is 14.2 Å². The van der Waals surface area contributed by atoms with Crippen molar-refractivity contribution in [1.82, 2.24) is 10.1 Å². The van der Waals surface area contributed by atoms with E-state index in [1.54, 1.807) is 12.1 Å². The lowest BCUT2D eigenvalue weighted by atomic mass is 10.1. The van der Waals surface area contributed by atoms with Gasteiger partial charge >= 0.3 is 5.69 Å².